The highest BCUT2D eigenvalue weighted by Crippen LogP contribution is 2.31. The number of aromatic nitrogens is 2. The number of nitrogens with zero attached hydrogens (tertiary/aromatic N) is 2. The Morgan fingerprint density at radius 1 is 1.22 bits per heavy atom. The van der Waals surface area contributed by atoms with Gasteiger partial charge < -0.3 is 14.8 Å². The number of Topliss-reactive ketones (excluding diaryl/α,β-unsaturated/α-hetero) is 1. The molecule has 0 aliphatic heterocycles. The van der Waals surface area contributed by atoms with Crippen molar-refractivity contribution in [2.45, 2.75) is 0 Å². The lowest BCUT2D eigenvalue weighted by Crippen LogP contribution is -2.13. The molecule has 1 N–H and O–H groups in total. The van der Waals surface area contributed by atoms with Crippen molar-refractivity contribution in [1.29, 1.82) is 0 Å². The first-order valence-electron chi connectivity index (χ1n) is 6.35. The minimum Gasteiger partial charge on any atom is -0.495 e. The van der Waals surface area contributed by atoms with Gasteiger partial charge in [0.2, 0.25) is 11.1 Å². The SMILES string of the molecule is CNc1nc(Cl)ncc1OCC(=O)c1cc(Cl)c(OC)cc1Cl. The maximum absolute atomic E-state index is 12.3. The summed E-state index contributed by atoms with van der Waals surface area (Å²) in [5.74, 6) is 0.701. The summed E-state index contributed by atoms with van der Waals surface area (Å²) >= 11 is 17.8. The summed E-state index contributed by atoms with van der Waals surface area (Å²) in [5, 5.41) is 3.37. The fourth-order valence-electron chi connectivity index (χ4n) is 1.75. The first-order valence-corrected chi connectivity index (χ1v) is 7.49. The summed E-state index contributed by atoms with van der Waals surface area (Å²) in [6.45, 7) is -0.262. The van der Waals surface area contributed by atoms with Gasteiger partial charge in [-0.05, 0) is 17.7 Å². The van der Waals surface area contributed by atoms with Crippen molar-refractivity contribution >= 4 is 46.4 Å². The fourth-order valence-corrected chi connectivity index (χ4v) is 2.39. The molecule has 0 aliphatic rings. The fraction of sp³-hybridized carbons (Fsp3) is 0.214. The van der Waals surface area contributed by atoms with Gasteiger partial charge in [0, 0.05) is 18.7 Å². The average Bonchev–Trinajstić information content (AvgIpc) is 2.54. The zero-order valence-electron chi connectivity index (χ0n) is 12.2. The Hall–Kier alpha value is -1.76. The number of nitrogens with one attached hydrogen (secondary N) is 1. The minimum absolute atomic E-state index is 0.0676. The van der Waals surface area contributed by atoms with Crippen LogP contribution >= 0.6 is 34.8 Å². The minimum atomic E-state index is -0.350. The number of benzene rings is 1. The normalized spacial score (nSPS) is 10.3. The molecule has 0 unspecified atom stereocenters. The molecular formula is C14H12Cl3N3O3. The molecule has 1 heterocycles. The topological polar surface area (TPSA) is 73.3 Å². The molecule has 0 radical (unpaired) electrons. The summed E-state index contributed by atoms with van der Waals surface area (Å²) in [5.41, 5.74) is 0.235. The molecule has 0 amide bonds. The lowest BCUT2D eigenvalue weighted by molar-refractivity contribution is 0.0922. The Morgan fingerprint density at radius 3 is 2.61 bits per heavy atom. The van der Waals surface area contributed by atoms with Crippen molar-refractivity contribution in [1.82, 2.24) is 9.97 Å². The highest BCUT2D eigenvalue weighted by Gasteiger charge is 2.16. The predicted molar refractivity (Wildman–Crippen MR) is 89.4 cm³/mol. The van der Waals surface area contributed by atoms with Crippen LogP contribution in [0.15, 0.2) is 18.3 Å². The largest absolute Gasteiger partial charge is 0.495 e. The van der Waals surface area contributed by atoms with Crippen LogP contribution in [0, 0.1) is 0 Å². The van der Waals surface area contributed by atoms with Crippen LogP contribution in [0.5, 0.6) is 11.5 Å². The summed E-state index contributed by atoms with van der Waals surface area (Å²) < 4.78 is 10.5. The number of halogens is 3. The maximum Gasteiger partial charge on any atom is 0.224 e. The molecule has 0 saturated heterocycles. The third-order valence-electron chi connectivity index (χ3n) is 2.86. The molecule has 9 heteroatoms. The average molecular weight is 377 g/mol. The molecule has 0 spiro atoms. The number of ketones is 1. The number of methoxy groups -OCH3 is 1. The third-order valence-corrected chi connectivity index (χ3v) is 3.65. The van der Waals surface area contributed by atoms with Crippen molar-refractivity contribution in [2.75, 3.05) is 26.1 Å². The molecule has 2 rings (SSSR count). The van der Waals surface area contributed by atoms with Gasteiger partial charge in [-0.25, -0.2) is 4.98 Å². The van der Waals surface area contributed by atoms with Crippen molar-refractivity contribution < 1.29 is 14.3 Å². The Balaban J connectivity index is 2.16. The number of hydrogen-bond acceptors (Lipinski definition) is 6. The van der Waals surface area contributed by atoms with Gasteiger partial charge in [-0.15, -0.1) is 0 Å². The van der Waals surface area contributed by atoms with Crippen molar-refractivity contribution in [3.05, 3.63) is 39.2 Å². The van der Waals surface area contributed by atoms with Crippen LogP contribution in [0.25, 0.3) is 0 Å². The van der Waals surface area contributed by atoms with E-state index in [0.717, 1.165) is 0 Å². The predicted octanol–water partition coefficient (Wildman–Crippen LogP) is 3.75. The van der Waals surface area contributed by atoms with Crippen LogP contribution in [0.2, 0.25) is 15.3 Å². The molecule has 0 aliphatic carbocycles. The molecule has 2 aromatic rings. The molecule has 1 aromatic carbocycles. The van der Waals surface area contributed by atoms with Crippen molar-refractivity contribution in [2.24, 2.45) is 0 Å². The summed E-state index contributed by atoms with van der Waals surface area (Å²) in [7, 11) is 3.11. The molecule has 0 fully saturated rings. The second-order valence-corrected chi connectivity index (χ2v) is 5.43. The van der Waals surface area contributed by atoms with Crippen LogP contribution in [0.1, 0.15) is 10.4 Å². The molecule has 1 aromatic heterocycles. The van der Waals surface area contributed by atoms with Crippen LogP contribution in [0.3, 0.4) is 0 Å². The molecule has 0 bridgehead atoms. The zero-order valence-corrected chi connectivity index (χ0v) is 14.5. The van der Waals surface area contributed by atoms with Crippen LogP contribution in [-0.2, 0) is 0 Å². The van der Waals surface area contributed by atoms with E-state index in [4.69, 9.17) is 44.3 Å². The van der Waals surface area contributed by atoms with Gasteiger partial charge in [0.1, 0.15) is 5.75 Å². The monoisotopic (exact) mass is 375 g/mol. The van der Waals surface area contributed by atoms with Gasteiger partial charge in [0.25, 0.3) is 0 Å². The molecule has 0 saturated carbocycles. The summed E-state index contributed by atoms with van der Waals surface area (Å²) in [4.78, 5) is 20.0. The molecule has 122 valence electrons. The van der Waals surface area contributed by atoms with Gasteiger partial charge in [-0.1, -0.05) is 23.2 Å². The number of carbonyl (C=O) groups excluding carboxylic acids is 1. The Bertz CT molecular complexity index is 741. The van der Waals surface area contributed by atoms with E-state index in [9.17, 15) is 4.79 Å². The molecule has 0 atom stereocenters. The lowest BCUT2D eigenvalue weighted by atomic mass is 10.1. The second-order valence-electron chi connectivity index (χ2n) is 4.28. The van der Waals surface area contributed by atoms with E-state index in [1.807, 2.05) is 0 Å². The maximum atomic E-state index is 12.3. The Kier molecular flexibility index (Phi) is 5.87. The highest BCUT2D eigenvalue weighted by atomic mass is 35.5. The molecule has 23 heavy (non-hydrogen) atoms. The third kappa shape index (κ3) is 4.16. The van der Waals surface area contributed by atoms with Gasteiger partial charge in [0.15, 0.2) is 18.2 Å². The first-order chi connectivity index (χ1) is 11.0. The Morgan fingerprint density at radius 2 is 1.96 bits per heavy atom. The standard InChI is InChI=1S/C14H12Cl3N3O3/c1-18-13-12(5-19-14(17)20-13)23-6-10(21)7-3-9(16)11(22-2)4-8(7)15/h3-5H,6H2,1-2H3,(H,18,19,20). The van der Waals surface area contributed by atoms with E-state index >= 15 is 0 Å². The second kappa shape index (κ2) is 7.68. The van der Waals surface area contributed by atoms with Gasteiger partial charge >= 0.3 is 0 Å². The van der Waals surface area contributed by atoms with Crippen molar-refractivity contribution in [3.8, 4) is 11.5 Å². The summed E-state index contributed by atoms with van der Waals surface area (Å²) in [6.07, 6.45) is 1.37. The number of carbonyl (C=O) groups is 1. The summed E-state index contributed by atoms with van der Waals surface area (Å²) in [6, 6.07) is 2.91. The number of rotatable bonds is 6. The smallest absolute Gasteiger partial charge is 0.224 e. The molecular weight excluding hydrogens is 365 g/mol. The van der Waals surface area contributed by atoms with Crippen molar-refractivity contribution in [3.63, 3.8) is 0 Å². The number of anilines is 1. The quantitative estimate of drug-likeness (QED) is 0.611. The first kappa shape index (κ1) is 17.6. The molecule has 6 nitrogen and oxygen atoms in total. The van der Waals surface area contributed by atoms with E-state index in [-0.39, 0.29) is 33.3 Å². The van der Waals surface area contributed by atoms with Crippen LogP contribution in [-0.4, -0.2) is 36.5 Å². The van der Waals surface area contributed by atoms with E-state index < -0.39 is 0 Å². The van der Waals surface area contributed by atoms with Gasteiger partial charge in [-0.2, -0.15) is 4.98 Å². The van der Waals surface area contributed by atoms with Crippen LogP contribution in [0.4, 0.5) is 5.82 Å². The number of hydrogen-bond donors (Lipinski definition) is 1. The number of ether oxygens (including phenoxy) is 2. The lowest BCUT2D eigenvalue weighted by Gasteiger charge is -2.11. The Labute approximate surface area is 147 Å². The zero-order chi connectivity index (χ0) is 17.0. The van der Waals surface area contributed by atoms with Gasteiger partial charge in [-0.3, -0.25) is 4.79 Å². The van der Waals surface area contributed by atoms with E-state index in [1.165, 1.54) is 25.4 Å². The van der Waals surface area contributed by atoms with E-state index in [0.29, 0.717) is 17.3 Å². The van der Waals surface area contributed by atoms with Gasteiger partial charge in [0.05, 0.1) is 23.4 Å². The van der Waals surface area contributed by atoms with E-state index in [1.54, 1.807) is 7.05 Å². The van der Waals surface area contributed by atoms with E-state index in [2.05, 4.69) is 15.3 Å². The van der Waals surface area contributed by atoms with Crippen LogP contribution < -0.4 is 14.8 Å². The highest BCUT2D eigenvalue weighted by molar-refractivity contribution is 6.36.